The summed E-state index contributed by atoms with van der Waals surface area (Å²) >= 11 is 5.88. The highest BCUT2D eigenvalue weighted by molar-refractivity contribution is 6.30. The molecule has 132 valence electrons. The molecule has 4 nitrogen and oxygen atoms in total. The Bertz CT molecular complexity index is 1040. The third kappa shape index (κ3) is 4.07. The van der Waals surface area contributed by atoms with Gasteiger partial charge in [-0.3, -0.25) is 0 Å². The van der Waals surface area contributed by atoms with Crippen LogP contribution in [0.3, 0.4) is 0 Å². The maximum Gasteiger partial charge on any atom is 0.363 e. The molecule has 1 aliphatic heterocycles. The molecular formula is C22H14ClNO3. The zero-order chi connectivity index (χ0) is 18.6. The highest BCUT2D eigenvalue weighted by Crippen LogP contribution is 2.25. The lowest BCUT2D eigenvalue weighted by Crippen LogP contribution is -2.05. The van der Waals surface area contributed by atoms with Gasteiger partial charge in [-0.05, 0) is 60.2 Å². The summed E-state index contributed by atoms with van der Waals surface area (Å²) in [7, 11) is 0. The van der Waals surface area contributed by atoms with Crippen molar-refractivity contribution in [3.8, 4) is 11.5 Å². The van der Waals surface area contributed by atoms with Crippen LogP contribution in [0.15, 0.2) is 89.6 Å². The van der Waals surface area contributed by atoms with Crippen LogP contribution in [0.1, 0.15) is 11.1 Å². The van der Waals surface area contributed by atoms with Crippen molar-refractivity contribution in [2.45, 2.75) is 0 Å². The Balaban J connectivity index is 1.58. The zero-order valence-corrected chi connectivity index (χ0v) is 14.9. The van der Waals surface area contributed by atoms with E-state index in [0.29, 0.717) is 16.3 Å². The van der Waals surface area contributed by atoms with E-state index in [9.17, 15) is 4.79 Å². The van der Waals surface area contributed by atoms with Gasteiger partial charge in [-0.1, -0.05) is 41.9 Å². The minimum atomic E-state index is -0.491. The molecule has 0 aromatic heterocycles. The first-order valence-electron chi connectivity index (χ1n) is 8.29. The molecule has 0 N–H and O–H groups in total. The fraction of sp³-hybridized carbons (Fsp3) is 0. The van der Waals surface area contributed by atoms with Crippen molar-refractivity contribution in [2.24, 2.45) is 4.99 Å². The normalized spacial score (nSPS) is 14.8. The molecule has 27 heavy (non-hydrogen) atoms. The third-order valence-corrected chi connectivity index (χ3v) is 4.10. The number of carbonyl (C=O) groups is 1. The number of halogens is 1. The standard InChI is InChI=1S/C22H14ClNO3/c23-17-11-9-16(10-12-17)21-24-20(22(25)27-21)14-15-5-4-8-19(13-15)26-18-6-2-1-3-7-18/h1-14H/b20-14-. The number of hydrogen-bond donors (Lipinski definition) is 0. The molecule has 0 unspecified atom stereocenters. The van der Waals surface area contributed by atoms with E-state index in [0.717, 1.165) is 11.3 Å². The average Bonchev–Trinajstić information content (AvgIpc) is 3.04. The molecule has 0 amide bonds. The number of esters is 1. The van der Waals surface area contributed by atoms with Crippen molar-refractivity contribution >= 4 is 29.5 Å². The minimum Gasteiger partial charge on any atom is -0.457 e. The number of hydrogen-bond acceptors (Lipinski definition) is 4. The summed E-state index contributed by atoms with van der Waals surface area (Å²) in [4.78, 5) is 16.4. The van der Waals surface area contributed by atoms with Gasteiger partial charge in [0.05, 0.1) is 0 Å². The summed E-state index contributed by atoms with van der Waals surface area (Å²) in [5.74, 6) is 1.18. The van der Waals surface area contributed by atoms with Crippen LogP contribution in [0.4, 0.5) is 0 Å². The van der Waals surface area contributed by atoms with Gasteiger partial charge < -0.3 is 9.47 Å². The molecule has 0 atom stereocenters. The molecular weight excluding hydrogens is 362 g/mol. The molecule has 0 aliphatic carbocycles. The number of para-hydroxylation sites is 1. The van der Waals surface area contributed by atoms with Crippen molar-refractivity contribution < 1.29 is 14.3 Å². The van der Waals surface area contributed by atoms with E-state index in [-0.39, 0.29) is 11.6 Å². The molecule has 4 rings (SSSR count). The number of cyclic esters (lactones) is 1. The maximum atomic E-state index is 12.1. The number of benzene rings is 3. The fourth-order valence-corrected chi connectivity index (χ4v) is 2.70. The van der Waals surface area contributed by atoms with Crippen molar-refractivity contribution in [2.75, 3.05) is 0 Å². The predicted molar refractivity (Wildman–Crippen MR) is 105 cm³/mol. The minimum absolute atomic E-state index is 0.233. The van der Waals surface area contributed by atoms with Gasteiger partial charge in [0.1, 0.15) is 11.5 Å². The molecule has 1 aliphatic rings. The van der Waals surface area contributed by atoms with E-state index >= 15 is 0 Å². The van der Waals surface area contributed by atoms with Crippen molar-refractivity contribution in [3.63, 3.8) is 0 Å². The number of carbonyl (C=O) groups excluding carboxylic acids is 1. The van der Waals surface area contributed by atoms with E-state index < -0.39 is 5.97 Å². The first-order valence-corrected chi connectivity index (χ1v) is 8.67. The van der Waals surface area contributed by atoms with Crippen LogP contribution in [0.2, 0.25) is 5.02 Å². The number of nitrogens with zero attached hydrogens (tertiary/aromatic N) is 1. The van der Waals surface area contributed by atoms with E-state index in [1.165, 1.54) is 0 Å². The molecule has 0 radical (unpaired) electrons. The fourth-order valence-electron chi connectivity index (χ4n) is 2.58. The number of rotatable bonds is 4. The van der Waals surface area contributed by atoms with Gasteiger partial charge in [-0.2, -0.15) is 0 Å². The van der Waals surface area contributed by atoms with Crippen LogP contribution in [0.5, 0.6) is 11.5 Å². The van der Waals surface area contributed by atoms with Crippen LogP contribution >= 0.6 is 11.6 Å². The Hall–Kier alpha value is -3.37. The van der Waals surface area contributed by atoms with Gasteiger partial charge in [0.15, 0.2) is 5.70 Å². The monoisotopic (exact) mass is 375 g/mol. The van der Waals surface area contributed by atoms with Gasteiger partial charge in [-0.15, -0.1) is 0 Å². The zero-order valence-electron chi connectivity index (χ0n) is 14.1. The Morgan fingerprint density at radius 3 is 2.41 bits per heavy atom. The van der Waals surface area contributed by atoms with Gasteiger partial charge in [0, 0.05) is 10.6 Å². The van der Waals surface area contributed by atoms with Crippen LogP contribution in [-0.2, 0) is 9.53 Å². The summed E-state index contributed by atoms with van der Waals surface area (Å²) in [5.41, 5.74) is 1.71. The number of ether oxygens (including phenoxy) is 2. The second-order valence-electron chi connectivity index (χ2n) is 5.83. The highest BCUT2D eigenvalue weighted by atomic mass is 35.5. The Morgan fingerprint density at radius 1 is 0.889 bits per heavy atom. The molecule has 0 spiro atoms. The van der Waals surface area contributed by atoms with E-state index in [1.807, 2.05) is 54.6 Å². The molecule has 0 saturated heterocycles. The Kier molecular flexibility index (Phi) is 4.73. The molecule has 1 heterocycles. The smallest absolute Gasteiger partial charge is 0.363 e. The molecule has 0 bridgehead atoms. The number of aliphatic imine (C=N–C) groups is 1. The topological polar surface area (TPSA) is 47.9 Å². The second kappa shape index (κ2) is 7.48. The lowest BCUT2D eigenvalue weighted by atomic mass is 10.2. The molecule has 0 saturated carbocycles. The van der Waals surface area contributed by atoms with Crippen LogP contribution < -0.4 is 4.74 Å². The van der Waals surface area contributed by atoms with Gasteiger partial charge in [-0.25, -0.2) is 9.79 Å². The van der Waals surface area contributed by atoms with Gasteiger partial charge in [0.25, 0.3) is 0 Å². The van der Waals surface area contributed by atoms with Gasteiger partial charge in [0.2, 0.25) is 5.90 Å². The van der Waals surface area contributed by atoms with Crippen molar-refractivity contribution in [1.29, 1.82) is 0 Å². The molecule has 3 aromatic carbocycles. The third-order valence-electron chi connectivity index (χ3n) is 3.85. The van der Waals surface area contributed by atoms with E-state index in [2.05, 4.69) is 4.99 Å². The van der Waals surface area contributed by atoms with E-state index in [1.54, 1.807) is 30.3 Å². The Labute approximate surface area is 161 Å². The SMILES string of the molecule is O=C1OC(c2ccc(Cl)cc2)=N/C1=C\c1cccc(Oc2ccccc2)c1. The highest BCUT2D eigenvalue weighted by Gasteiger charge is 2.24. The summed E-state index contributed by atoms with van der Waals surface area (Å²) in [6.45, 7) is 0. The molecule has 5 heteroatoms. The van der Waals surface area contributed by atoms with Crippen molar-refractivity contribution in [1.82, 2.24) is 0 Å². The quantitative estimate of drug-likeness (QED) is 0.448. The summed E-state index contributed by atoms with van der Waals surface area (Å²) < 4.78 is 11.1. The lowest BCUT2D eigenvalue weighted by Gasteiger charge is -2.05. The Morgan fingerprint density at radius 2 is 1.63 bits per heavy atom. The summed E-state index contributed by atoms with van der Waals surface area (Å²) in [5, 5.41) is 0.606. The first kappa shape index (κ1) is 17.1. The van der Waals surface area contributed by atoms with Crippen LogP contribution in [-0.4, -0.2) is 11.9 Å². The van der Waals surface area contributed by atoms with Crippen LogP contribution in [0.25, 0.3) is 6.08 Å². The first-order chi connectivity index (χ1) is 13.2. The maximum absolute atomic E-state index is 12.1. The lowest BCUT2D eigenvalue weighted by molar-refractivity contribution is -0.129. The average molecular weight is 376 g/mol. The van der Waals surface area contributed by atoms with E-state index in [4.69, 9.17) is 21.1 Å². The largest absolute Gasteiger partial charge is 0.457 e. The van der Waals surface area contributed by atoms with Crippen LogP contribution in [0, 0.1) is 0 Å². The van der Waals surface area contributed by atoms with Gasteiger partial charge >= 0.3 is 5.97 Å². The molecule has 3 aromatic rings. The molecule has 0 fully saturated rings. The second-order valence-corrected chi connectivity index (χ2v) is 6.27. The summed E-state index contributed by atoms with van der Waals surface area (Å²) in [6, 6.07) is 23.9. The van der Waals surface area contributed by atoms with Crippen molar-refractivity contribution in [3.05, 3.63) is 101 Å². The summed E-state index contributed by atoms with van der Waals surface area (Å²) in [6.07, 6.45) is 1.67. The predicted octanol–water partition coefficient (Wildman–Crippen LogP) is 5.48.